The average molecular weight is 290 g/mol. The van der Waals surface area contributed by atoms with Crippen molar-refractivity contribution in [2.24, 2.45) is 0 Å². The van der Waals surface area contributed by atoms with Crippen LogP contribution in [0.2, 0.25) is 5.02 Å². The van der Waals surface area contributed by atoms with E-state index in [-0.39, 0.29) is 11.8 Å². The molecule has 0 radical (unpaired) electrons. The molecule has 5 nitrogen and oxygen atoms in total. The lowest BCUT2D eigenvalue weighted by Gasteiger charge is -2.25. The number of nitrogens with zero attached hydrogens (tertiary/aromatic N) is 2. The van der Waals surface area contributed by atoms with E-state index in [4.69, 9.17) is 11.6 Å². The van der Waals surface area contributed by atoms with Crippen LogP contribution in [-0.4, -0.2) is 38.8 Å². The highest BCUT2D eigenvalue weighted by atomic mass is 35.5. The van der Waals surface area contributed by atoms with Crippen LogP contribution in [0.5, 0.6) is 0 Å². The standard InChI is InChI=1S/C11H16ClN3O2S/c1-13-18(16,17)8-10-3-2-6-15(10)11-5-4-9(12)7-14-11/h4-5,7,10,13H,2-3,6,8H2,1H3/t10-/m1/s1. The van der Waals surface area contributed by atoms with E-state index in [0.717, 1.165) is 25.2 Å². The van der Waals surface area contributed by atoms with Gasteiger partial charge in [0.25, 0.3) is 0 Å². The molecule has 0 amide bonds. The van der Waals surface area contributed by atoms with Crippen LogP contribution in [0.15, 0.2) is 18.3 Å². The van der Waals surface area contributed by atoms with Crippen molar-refractivity contribution in [1.29, 1.82) is 0 Å². The summed E-state index contributed by atoms with van der Waals surface area (Å²) in [6.45, 7) is 0.832. The summed E-state index contributed by atoms with van der Waals surface area (Å²) in [6, 6.07) is 3.58. The van der Waals surface area contributed by atoms with Gasteiger partial charge in [-0.15, -0.1) is 0 Å². The van der Waals surface area contributed by atoms with Crippen LogP contribution in [0.4, 0.5) is 5.82 Å². The summed E-state index contributed by atoms with van der Waals surface area (Å²) in [4.78, 5) is 6.28. The van der Waals surface area contributed by atoms with Gasteiger partial charge in [0, 0.05) is 18.8 Å². The second-order valence-corrected chi connectivity index (χ2v) is 6.72. The van der Waals surface area contributed by atoms with Crippen molar-refractivity contribution in [2.45, 2.75) is 18.9 Å². The average Bonchev–Trinajstić information content (AvgIpc) is 2.77. The van der Waals surface area contributed by atoms with Crippen molar-refractivity contribution in [3.63, 3.8) is 0 Å². The fourth-order valence-electron chi connectivity index (χ4n) is 2.19. The molecule has 1 fully saturated rings. The lowest BCUT2D eigenvalue weighted by molar-refractivity contribution is 0.577. The van der Waals surface area contributed by atoms with Crippen LogP contribution in [0.3, 0.4) is 0 Å². The Morgan fingerprint density at radius 2 is 2.33 bits per heavy atom. The molecule has 1 N–H and O–H groups in total. The largest absolute Gasteiger partial charge is 0.353 e. The van der Waals surface area contributed by atoms with E-state index >= 15 is 0 Å². The van der Waals surface area contributed by atoms with E-state index in [2.05, 4.69) is 9.71 Å². The number of hydrogen-bond acceptors (Lipinski definition) is 4. The van der Waals surface area contributed by atoms with Crippen LogP contribution >= 0.6 is 11.6 Å². The van der Waals surface area contributed by atoms with E-state index in [1.807, 2.05) is 11.0 Å². The summed E-state index contributed by atoms with van der Waals surface area (Å²) in [5, 5.41) is 0.581. The molecule has 1 aliphatic rings. The second-order valence-electron chi connectivity index (χ2n) is 4.31. The van der Waals surface area contributed by atoms with Crippen molar-refractivity contribution in [2.75, 3.05) is 24.2 Å². The minimum absolute atomic E-state index is 0.0175. The zero-order valence-corrected chi connectivity index (χ0v) is 11.7. The molecule has 0 unspecified atom stereocenters. The molecule has 2 rings (SSSR count). The van der Waals surface area contributed by atoms with Crippen LogP contribution in [-0.2, 0) is 10.0 Å². The minimum Gasteiger partial charge on any atom is -0.353 e. The Kier molecular flexibility index (Phi) is 4.09. The third-order valence-corrected chi connectivity index (χ3v) is 4.78. The fourth-order valence-corrected chi connectivity index (χ4v) is 3.32. The minimum atomic E-state index is -3.20. The number of pyridine rings is 1. The Bertz CT molecular complexity index is 504. The quantitative estimate of drug-likeness (QED) is 0.906. The highest BCUT2D eigenvalue weighted by Crippen LogP contribution is 2.25. The molecule has 7 heteroatoms. The first kappa shape index (κ1) is 13.6. The van der Waals surface area contributed by atoms with E-state index in [1.54, 1.807) is 12.3 Å². The Hall–Kier alpha value is -0.850. The topological polar surface area (TPSA) is 62.3 Å². The van der Waals surface area contributed by atoms with E-state index in [9.17, 15) is 8.42 Å². The van der Waals surface area contributed by atoms with Crippen LogP contribution in [0.1, 0.15) is 12.8 Å². The van der Waals surface area contributed by atoms with Crippen molar-refractivity contribution in [3.8, 4) is 0 Å². The Morgan fingerprint density at radius 3 is 2.94 bits per heavy atom. The first-order chi connectivity index (χ1) is 8.52. The van der Waals surface area contributed by atoms with E-state index in [1.165, 1.54) is 7.05 Å². The van der Waals surface area contributed by atoms with Crippen LogP contribution in [0, 0.1) is 0 Å². The van der Waals surface area contributed by atoms with Gasteiger partial charge in [-0.25, -0.2) is 18.1 Å². The maximum absolute atomic E-state index is 11.6. The van der Waals surface area contributed by atoms with Gasteiger partial charge in [0.15, 0.2) is 0 Å². The van der Waals surface area contributed by atoms with Crippen LogP contribution < -0.4 is 9.62 Å². The first-order valence-electron chi connectivity index (χ1n) is 5.81. The summed E-state index contributed by atoms with van der Waals surface area (Å²) in [5.74, 6) is 0.890. The molecule has 1 atom stereocenters. The zero-order chi connectivity index (χ0) is 13.2. The number of nitrogens with one attached hydrogen (secondary N) is 1. The van der Waals surface area contributed by atoms with Gasteiger partial charge in [0.1, 0.15) is 5.82 Å². The second kappa shape index (κ2) is 5.42. The van der Waals surface area contributed by atoms with Crippen LogP contribution in [0.25, 0.3) is 0 Å². The molecular weight excluding hydrogens is 274 g/mol. The molecule has 1 aromatic rings. The molecular formula is C11H16ClN3O2S. The van der Waals surface area contributed by atoms with Gasteiger partial charge in [-0.3, -0.25) is 0 Å². The molecule has 0 aliphatic carbocycles. The predicted octanol–water partition coefficient (Wildman–Crippen LogP) is 1.25. The summed E-state index contributed by atoms with van der Waals surface area (Å²) in [6.07, 6.45) is 3.43. The van der Waals surface area contributed by atoms with Crippen molar-refractivity contribution >= 4 is 27.4 Å². The molecule has 1 aromatic heterocycles. The molecule has 1 saturated heterocycles. The van der Waals surface area contributed by atoms with Crippen molar-refractivity contribution < 1.29 is 8.42 Å². The zero-order valence-electron chi connectivity index (χ0n) is 10.1. The van der Waals surface area contributed by atoms with Gasteiger partial charge in [-0.05, 0) is 32.0 Å². The van der Waals surface area contributed by atoms with Gasteiger partial charge >= 0.3 is 0 Å². The summed E-state index contributed by atoms with van der Waals surface area (Å²) < 4.78 is 25.6. The lowest BCUT2D eigenvalue weighted by atomic mass is 10.2. The maximum atomic E-state index is 11.6. The van der Waals surface area contributed by atoms with E-state index in [0.29, 0.717) is 5.02 Å². The van der Waals surface area contributed by atoms with Gasteiger partial charge < -0.3 is 4.90 Å². The number of hydrogen-bond donors (Lipinski definition) is 1. The summed E-state index contributed by atoms with van der Waals surface area (Å²) in [5.41, 5.74) is 0. The molecule has 0 bridgehead atoms. The molecule has 1 aliphatic heterocycles. The summed E-state index contributed by atoms with van der Waals surface area (Å²) in [7, 11) is -1.76. The number of halogens is 1. The third kappa shape index (κ3) is 3.13. The third-order valence-electron chi connectivity index (χ3n) is 3.11. The Labute approximate surface area is 112 Å². The number of anilines is 1. The Morgan fingerprint density at radius 1 is 1.56 bits per heavy atom. The van der Waals surface area contributed by atoms with Crippen molar-refractivity contribution in [3.05, 3.63) is 23.4 Å². The van der Waals surface area contributed by atoms with Crippen molar-refractivity contribution in [1.82, 2.24) is 9.71 Å². The SMILES string of the molecule is CNS(=O)(=O)C[C@H]1CCCN1c1ccc(Cl)cn1. The monoisotopic (exact) mass is 289 g/mol. The summed E-state index contributed by atoms with van der Waals surface area (Å²) >= 11 is 5.80. The highest BCUT2D eigenvalue weighted by Gasteiger charge is 2.29. The fraction of sp³-hybridized carbons (Fsp3) is 0.545. The van der Waals surface area contributed by atoms with Gasteiger partial charge in [0.05, 0.1) is 10.8 Å². The molecule has 0 aromatic carbocycles. The molecule has 2 heterocycles. The Balaban J connectivity index is 2.15. The normalized spacial score (nSPS) is 20.3. The molecule has 100 valence electrons. The number of rotatable bonds is 4. The smallest absolute Gasteiger partial charge is 0.213 e. The number of sulfonamides is 1. The van der Waals surface area contributed by atoms with Gasteiger partial charge in [-0.1, -0.05) is 11.6 Å². The van der Waals surface area contributed by atoms with Gasteiger partial charge in [0.2, 0.25) is 10.0 Å². The number of aromatic nitrogens is 1. The first-order valence-corrected chi connectivity index (χ1v) is 7.84. The van der Waals surface area contributed by atoms with E-state index < -0.39 is 10.0 Å². The molecule has 0 spiro atoms. The molecule has 18 heavy (non-hydrogen) atoms. The predicted molar refractivity (Wildman–Crippen MR) is 72.5 cm³/mol. The molecule has 0 saturated carbocycles. The lowest BCUT2D eigenvalue weighted by Crippen LogP contribution is -2.38. The maximum Gasteiger partial charge on any atom is 0.213 e. The highest BCUT2D eigenvalue weighted by molar-refractivity contribution is 7.89. The van der Waals surface area contributed by atoms with Gasteiger partial charge in [-0.2, -0.15) is 0 Å².